The molecule has 4 aliphatic rings. The van der Waals surface area contributed by atoms with Crippen LogP contribution < -0.4 is 16.0 Å². The van der Waals surface area contributed by atoms with Gasteiger partial charge in [0.1, 0.15) is 22.8 Å². The molecule has 1 unspecified atom stereocenters. The molecule has 0 bridgehead atoms. The molecule has 11 nitrogen and oxygen atoms in total. The third kappa shape index (κ3) is 4.41. The summed E-state index contributed by atoms with van der Waals surface area (Å²) in [7, 11) is 6.89. The number of nitrogens with two attached hydrogens (primary N) is 1. The number of phenolic OH excluding ortho intramolecular Hbond substituents is 1. The number of nitrogens with zero attached hydrogens (tertiary/aromatic N) is 2. The molecule has 5 rings (SSSR count). The monoisotopic (exact) mass is 568 g/mol. The van der Waals surface area contributed by atoms with Crippen LogP contribution in [0.3, 0.4) is 0 Å². The fourth-order valence-corrected chi connectivity index (χ4v) is 7.44. The average Bonchev–Trinajstić information content (AvgIpc) is 2.90. The Morgan fingerprint density at radius 2 is 1.76 bits per heavy atom. The summed E-state index contributed by atoms with van der Waals surface area (Å²) in [5.74, 6) is -6.44. The van der Waals surface area contributed by atoms with E-state index in [0.717, 1.165) is 31.4 Å². The molecule has 4 atom stereocenters. The molecular weight excluding hydrogens is 528 g/mol. The van der Waals surface area contributed by atoms with Crippen LogP contribution in [0.5, 0.6) is 5.75 Å². The van der Waals surface area contributed by atoms with Gasteiger partial charge in [0.15, 0.2) is 11.4 Å². The van der Waals surface area contributed by atoms with Gasteiger partial charge < -0.3 is 36.4 Å². The van der Waals surface area contributed by atoms with Crippen molar-refractivity contribution in [1.29, 1.82) is 0 Å². The standard InChI is InChI=1S/C30H40N4O7/c1-33(2)19-12-15(13-32-16-8-6-5-7-9-16)24(35)21-17(19)10-14-11-18-23(34(3)4)26(37)22(29(31)40)28(39)30(18,41)27(38)20(14)25(21)36/h12,14,16,18,23,32,35-36,39,41H,5-11,13H2,1-4H3,(H2,31,40)/t14-,18-,23?,30-/m1/s1. The van der Waals surface area contributed by atoms with E-state index < -0.39 is 58.0 Å². The van der Waals surface area contributed by atoms with E-state index in [1.165, 1.54) is 11.3 Å². The first-order valence-corrected chi connectivity index (χ1v) is 14.2. The van der Waals surface area contributed by atoms with E-state index in [2.05, 4.69) is 5.32 Å². The first-order valence-electron chi connectivity index (χ1n) is 14.2. The number of rotatable bonds is 6. The molecule has 0 aromatic heterocycles. The number of primary amides is 1. The number of likely N-dealkylation sites (N-methyl/N-ethyl adjacent to an activating group) is 1. The third-order valence-corrected chi connectivity index (χ3v) is 9.44. The summed E-state index contributed by atoms with van der Waals surface area (Å²) in [6.45, 7) is 0.370. The number of benzene rings is 1. The highest BCUT2D eigenvalue weighted by Crippen LogP contribution is 2.54. The Morgan fingerprint density at radius 3 is 2.34 bits per heavy atom. The minimum Gasteiger partial charge on any atom is -0.508 e. The molecule has 4 aliphatic carbocycles. The van der Waals surface area contributed by atoms with Gasteiger partial charge in [-0.05, 0) is 57.3 Å². The first kappa shape index (κ1) is 29.1. The van der Waals surface area contributed by atoms with E-state index >= 15 is 0 Å². The number of phenols is 1. The van der Waals surface area contributed by atoms with Gasteiger partial charge in [0.25, 0.3) is 5.91 Å². The fraction of sp³-hybridized carbons (Fsp3) is 0.567. The molecule has 0 aliphatic heterocycles. The Morgan fingerprint density at radius 1 is 1.10 bits per heavy atom. The predicted octanol–water partition coefficient (Wildman–Crippen LogP) is 1.45. The molecule has 1 aromatic carbocycles. The lowest BCUT2D eigenvalue weighted by atomic mass is 9.57. The summed E-state index contributed by atoms with van der Waals surface area (Å²) in [5.41, 5.74) is 3.90. The van der Waals surface area contributed by atoms with Gasteiger partial charge in [-0.2, -0.15) is 0 Å². The number of fused-ring (bicyclic) bond motifs is 3. The Balaban J connectivity index is 1.64. The summed E-state index contributed by atoms with van der Waals surface area (Å²) < 4.78 is 0. The van der Waals surface area contributed by atoms with Crippen molar-refractivity contribution in [2.75, 3.05) is 33.1 Å². The lowest BCUT2D eigenvalue weighted by Gasteiger charge is -2.50. The van der Waals surface area contributed by atoms with Crippen LogP contribution in [0.1, 0.15) is 55.2 Å². The number of Topliss-reactive ketones (excluding diaryl/α,β-unsaturated/α-hetero) is 2. The molecule has 0 saturated heterocycles. The number of amides is 1. The van der Waals surface area contributed by atoms with Crippen LogP contribution in [0.4, 0.5) is 5.69 Å². The summed E-state index contributed by atoms with van der Waals surface area (Å²) in [4.78, 5) is 42.9. The maximum atomic E-state index is 14.1. The third-order valence-electron chi connectivity index (χ3n) is 9.44. The van der Waals surface area contributed by atoms with Crippen LogP contribution in [-0.2, 0) is 27.3 Å². The minimum atomic E-state index is -2.65. The highest BCUT2D eigenvalue weighted by atomic mass is 16.3. The lowest BCUT2D eigenvalue weighted by Crippen LogP contribution is -2.65. The highest BCUT2D eigenvalue weighted by Gasteiger charge is 2.64. The number of aliphatic hydroxyl groups excluding tert-OH is 2. The number of aromatic hydroxyl groups is 1. The molecular formula is C30H40N4O7. The van der Waals surface area contributed by atoms with Gasteiger partial charge >= 0.3 is 0 Å². The molecule has 2 saturated carbocycles. The highest BCUT2D eigenvalue weighted by molar-refractivity contribution is 6.24. The second-order valence-corrected chi connectivity index (χ2v) is 12.3. The molecule has 0 radical (unpaired) electrons. The Bertz CT molecular complexity index is 1380. The van der Waals surface area contributed by atoms with Crippen molar-refractivity contribution in [3.63, 3.8) is 0 Å². The number of carbonyl (C=O) groups excluding carboxylic acids is 3. The van der Waals surface area contributed by atoms with Crippen molar-refractivity contribution < 1.29 is 34.8 Å². The Hall–Kier alpha value is -3.41. The molecule has 0 heterocycles. The second-order valence-electron chi connectivity index (χ2n) is 12.3. The van der Waals surface area contributed by atoms with Crippen molar-refractivity contribution in [3.8, 4) is 5.75 Å². The summed E-state index contributed by atoms with van der Waals surface area (Å²) in [6.07, 6.45) is 5.94. The van der Waals surface area contributed by atoms with Gasteiger partial charge in [-0.25, -0.2) is 0 Å². The van der Waals surface area contributed by atoms with Crippen LogP contribution in [0, 0.1) is 11.8 Å². The zero-order chi connectivity index (χ0) is 30.0. The second kappa shape index (κ2) is 10.5. The van der Waals surface area contributed by atoms with Crippen molar-refractivity contribution in [2.24, 2.45) is 17.6 Å². The maximum Gasteiger partial charge on any atom is 0.255 e. The number of nitrogens with one attached hydrogen (secondary N) is 1. The zero-order valence-electron chi connectivity index (χ0n) is 24.0. The normalized spacial score (nSPS) is 28.5. The van der Waals surface area contributed by atoms with Gasteiger partial charge in [0.05, 0.1) is 11.6 Å². The number of ketones is 2. The van der Waals surface area contributed by atoms with E-state index in [1.807, 2.05) is 25.1 Å². The van der Waals surface area contributed by atoms with Crippen molar-refractivity contribution in [3.05, 3.63) is 39.7 Å². The molecule has 1 aromatic rings. The number of hydrogen-bond donors (Lipinski definition) is 6. The number of aliphatic hydroxyl groups is 3. The van der Waals surface area contributed by atoms with Crippen LogP contribution in [0.25, 0.3) is 5.76 Å². The van der Waals surface area contributed by atoms with Crippen molar-refractivity contribution in [2.45, 2.75) is 69.2 Å². The van der Waals surface area contributed by atoms with Crippen LogP contribution >= 0.6 is 0 Å². The van der Waals surface area contributed by atoms with Crippen molar-refractivity contribution in [1.82, 2.24) is 10.2 Å². The molecule has 11 heteroatoms. The minimum absolute atomic E-state index is 0.0599. The molecule has 1 amide bonds. The largest absolute Gasteiger partial charge is 0.508 e. The number of hydrogen-bond acceptors (Lipinski definition) is 10. The quantitative estimate of drug-likeness (QED) is 0.275. The van der Waals surface area contributed by atoms with Gasteiger partial charge in [0.2, 0.25) is 5.78 Å². The van der Waals surface area contributed by atoms with Gasteiger partial charge in [-0.1, -0.05) is 19.3 Å². The predicted molar refractivity (Wildman–Crippen MR) is 152 cm³/mol. The molecule has 2 fully saturated rings. The average molecular weight is 569 g/mol. The zero-order valence-corrected chi connectivity index (χ0v) is 24.0. The molecule has 0 spiro atoms. The van der Waals surface area contributed by atoms with Crippen molar-refractivity contribution >= 4 is 28.9 Å². The van der Waals surface area contributed by atoms with Gasteiger partial charge in [-0.15, -0.1) is 0 Å². The van der Waals surface area contributed by atoms with E-state index in [4.69, 9.17) is 5.73 Å². The molecule has 41 heavy (non-hydrogen) atoms. The van der Waals surface area contributed by atoms with Gasteiger partial charge in [-0.3, -0.25) is 19.3 Å². The van der Waals surface area contributed by atoms with E-state index in [-0.39, 0.29) is 29.7 Å². The van der Waals surface area contributed by atoms with E-state index in [1.54, 1.807) is 14.1 Å². The Labute approximate surface area is 239 Å². The smallest absolute Gasteiger partial charge is 0.255 e. The first-order chi connectivity index (χ1) is 19.3. The van der Waals surface area contributed by atoms with Crippen LogP contribution in [0.15, 0.2) is 23.0 Å². The fourth-order valence-electron chi connectivity index (χ4n) is 7.44. The topological polar surface area (TPSA) is 177 Å². The van der Waals surface area contributed by atoms with Crippen LogP contribution in [0.2, 0.25) is 0 Å². The van der Waals surface area contributed by atoms with E-state index in [0.29, 0.717) is 23.7 Å². The number of carbonyl (C=O) groups is 3. The summed E-state index contributed by atoms with van der Waals surface area (Å²) in [5, 5.41) is 49.4. The Kier molecular flexibility index (Phi) is 7.42. The van der Waals surface area contributed by atoms with E-state index in [9.17, 15) is 34.8 Å². The SMILES string of the molecule is CN(C)c1cc(CNC2CCCCC2)c(O)c2c1C[C@@H]1C[C@@H]3C(N(C)C)C(=O)C(C(N)=O)=C(O)[C@]3(O)C(=O)C1=C2O. The maximum absolute atomic E-state index is 14.1. The van der Waals surface area contributed by atoms with Gasteiger partial charge in [0, 0.05) is 49.4 Å². The number of anilines is 1. The molecule has 222 valence electrons. The molecule has 7 N–H and O–H groups in total. The summed E-state index contributed by atoms with van der Waals surface area (Å²) in [6, 6.07) is 1.11. The lowest BCUT2D eigenvalue weighted by molar-refractivity contribution is -0.153. The van der Waals surface area contributed by atoms with Crippen LogP contribution in [-0.4, -0.2) is 88.7 Å². The summed E-state index contributed by atoms with van der Waals surface area (Å²) >= 11 is 0.